The lowest BCUT2D eigenvalue weighted by molar-refractivity contribution is 0.252. The summed E-state index contributed by atoms with van der Waals surface area (Å²) in [5.74, 6) is -1.60. The first-order valence-corrected chi connectivity index (χ1v) is 6.64. The SMILES string of the molecule is Cc1noc(C)c1CNc1ccc(SC(F)F)cc1. The van der Waals surface area contributed by atoms with Gasteiger partial charge in [0.1, 0.15) is 5.76 Å². The van der Waals surface area contributed by atoms with Crippen molar-refractivity contribution in [2.24, 2.45) is 0 Å². The predicted molar refractivity (Wildman–Crippen MR) is 71.6 cm³/mol. The zero-order valence-corrected chi connectivity index (χ0v) is 11.4. The number of nitrogens with one attached hydrogen (secondary N) is 1. The average Bonchev–Trinajstić information content (AvgIpc) is 2.68. The van der Waals surface area contributed by atoms with Gasteiger partial charge in [-0.05, 0) is 38.1 Å². The number of halogens is 2. The van der Waals surface area contributed by atoms with Crippen molar-refractivity contribution >= 4 is 17.4 Å². The van der Waals surface area contributed by atoms with Crippen LogP contribution >= 0.6 is 11.8 Å². The summed E-state index contributed by atoms with van der Waals surface area (Å²) in [4.78, 5) is 0.554. The van der Waals surface area contributed by atoms with Gasteiger partial charge in [0.15, 0.2) is 0 Å². The van der Waals surface area contributed by atoms with Gasteiger partial charge in [0.05, 0.1) is 5.69 Å². The fraction of sp³-hybridized carbons (Fsp3) is 0.308. The Bertz CT molecular complexity index is 521. The molecule has 1 N–H and O–H groups in total. The van der Waals surface area contributed by atoms with Gasteiger partial charge in [-0.1, -0.05) is 16.9 Å². The maximum absolute atomic E-state index is 12.2. The predicted octanol–water partition coefficient (Wildman–Crippen LogP) is 4.22. The third kappa shape index (κ3) is 3.70. The molecule has 6 heteroatoms. The van der Waals surface area contributed by atoms with Gasteiger partial charge in [0, 0.05) is 22.7 Å². The van der Waals surface area contributed by atoms with Crippen LogP contribution in [0.2, 0.25) is 0 Å². The lowest BCUT2D eigenvalue weighted by Gasteiger charge is -2.07. The second-order valence-corrected chi connectivity index (χ2v) is 5.12. The summed E-state index contributed by atoms with van der Waals surface area (Å²) < 4.78 is 29.4. The summed E-state index contributed by atoms with van der Waals surface area (Å²) in [5.41, 5.74) is 2.75. The first-order chi connectivity index (χ1) is 9.06. The molecule has 0 aliphatic carbocycles. The Morgan fingerprint density at radius 3 is 2.47 bits per heavy atom. The number of thioether (sulfide) groups is 1. The van der Waals surface area contributed by atoms with Crippen molar-refractivity contribution in [2.75, 3.05) is 5.32 Å². The van der Waals surface area contributed by atoms with E-state index in [-0.39, 0.29) is 0 Å². The minimum atomic E-state index is -2.39. The first-order valence-electron chi connectivity index (χ1n) is 5.77. The summed E-state index contributed by atoms with van der Waals surface area (Å²) in [5, 5.41) is 7.09. The van der Waals surface area contributed by atoms with E-state index in [9.17, 15) is 8.78 Å². The van der Waals surface area contributed by atoms with Crippen LogP contribution in [0.25, 0.3) is 0 Å². The second-order valence-electron chi connectivity index (χ2n) is 4.06. The molecule has 0 fully saturated rings. The van der Waals surface area contributed by atoms with Crippen LogP contribution in [0.15, 0.2) is 33.7 Å². The van der Waals surface area contributed by atoms with E-state index >= 15 is 0 Å². The Balaban J connectivity index is 1.97. The molecular formula is C13H14F2N2OS. The number of nitrogens with zero attached hydrogens (tertiary/aromatic N) is 1. The highest BCUT2D eigenvalue weighted by Gasteiger charge is 2.08. The number of alkyl halides is 2. The molecule has 0 radical (unpaired) electrons. The third-order valence-electron chi connectivity index (χ3n) is 2.73. The maximum Gasteiger partial charge on any atom is 0.288 e. The minimum absolute atomic E-state index is 0.542. The third-order valence-corrected chi connectivity index (χ3v) is 3.45. The molecule has 0 aliphatic heterocycles. The molecule has 0 saturated carbocycles. The molecule has 2 aromatic rings. The molecule has 1 aromatic heterocycles. The van der Waals surface area contributed by atoms with E-state index in [1.807, 2.05) is 13.8 Å². The second kappa shape index (κ2) is 6.06. The zero-order chi connectivity index (χ0) is 13.8. The van der Waals surface area contributed by atoms with Crippen LogP contribution in [0.1, 0.15) is 17.0 Å². The highest BCUT2D eigenvalue weighted by atomic mass is 32.2. The first kappa shape index (κ1) is 13.9. The van der Waals surface area contributed by atoms with Gasteiger partial charge in [0.25, 0.3) is 5.76 Å². The average molecular weight is 284 g/mol. The molecule has 0 bridgehead atoms. The summed E-state index contributed by atoms with van der Waals surface area (Å²) in [6, 6.07) is 6.91. The number of anilines is 1. The van der Waals surface area contributed by atoms with Crippen LogP contribution in [-0.4, -0.2) is 10.9 Å². The number of benzene rings is 1. The van der Waals surface area contributed by atoms with Crippen LogP contribution in [0, 0.1) is 13.8 Å². The van der Waals surface area contributed by atoms with E-state index < -0.39 is 5.76 Å². The number of hydrogen-bond donors (Lipinski definition) is 1. The van der Waals surface area contributed by atoms with E-state index in [0.717, 1.165) is 22.7 Å². The quantitative estimate of drug-likeness (QED) is 0.834. The Hall–Kier alpha value is -1.56. The van der Waals surface area contributed by atoms with Crippen LogP contribution in [-0.2, 0) is 6.54 Å². The number of aromatic nitrogens is 1. The van der Waals surface area contributed by atoms with Gasteiger partial charge in [-0.3, -0.25) is 0 Å². The molecular weight excluding hydrogens is 270 g/mol. The van der Waals surface area contributed by atoms with E-state index in [0.29, 0.717) is 23.2 Å². The van der Waals surface area contributed by atoms with Crippen LogP contribution in [0.3, 0.4) is 0 Å². The molecule has 102 valence electrons. The summed E-state index contributed by atoms with van der Waals surface area (Å²) >= 11 is 0.542. The molecule has 2 rings (SSSR count). The highest BCUT2D eigenvalue weighted by molar-refractivity contribution is 7.99. The summed E-state index contributed by atoms with van der Waals surface area (Å²) in [6.45, 7) is 4.35. The Morgan fingerprint density at radius 2 is 1.95 bits per heavy atom. The van der Waals surface area contributed by atoms with Gasteiger partial charge in [-0.25, -0.2) is 0 Å². The topological polar surface area (TPSA) is 38.1 Å². The van der Waals surface area contributed by atoms with Crippen LogP contribution < -0.4 is 5.32 Å². The van der Waals surface area contributed by atoms with Gasteiger partial charge in [-0.15, -0.1) is 0 Å². The van der Waals surface area contributed by atoms with Crippen molar-refractivity contribution < 1.29 is 13.3 Å². The van der Waals surface area contributed by atoms with E-state index in [1.165, 1.54) is 0 Å². The fourth-order valence-electron chi connectivity index (χ4n) is 1.70. The van der Waals surface area contributed by atoms with Crippen LogP contribution in [0.5, 0.6) is 0 Å². The smallest absolute Gasteiger partial charge is 0.288 e. The van der Waals surface area contributed by atoms with E-state index in [4.69, 9.17) is 4.52 Å². The summed E-state index contributed by atoms with van der Waals surface area (Å²) in [7, 11) is 0. The van der Waals surface area contributed by atoms with Crippen molar-refractivity contribution in [3.05, 3.63) is 41.3 Å². The molecule has 1 heterocycles. The molecule has 0 spiro atoms. The van der Waals surface area contributed by atoms with Gasteiger partial charge in [0.2, 0.25) is 0 Å². The van der Waals surface area contributed by atoms with Crippen molar-refractivity contribution in [1.29, 1.82) is 0 Å². The maximum atomic E-state index is 12.2. The van der Waals surface area contributed by atoms with Gasteiger partial charge >= 0.3 is 0 Å². The number of rotatable bonds is 5. The molecule has 0 aliphatic rings. The van der Waals surface area contributed by atoms with E-state index in [2.05, 4.69) is 10.5 Å². The van der Waals surface area contributed by atoms with Gasteiger partial charge < -0.3 is 9.84 Å². The molecule has 0 unspecified atom stereocenters. The Morgan fingerprint density at radius 1 is 1.26 bits per heavy atom. The van der Waals surface area contributed by atoms with Crippen molar-refractivity contribution in [1.82, 2.24) is 5.16 Å². The Kier molecular flexibility index (Phi) is 4.42. The molecule has 19 heavy (non-hydrogen) atoms. The molecule has 3 nitrogen and oxygen atoms in total. The van der Waals surface area contributed by atoms with Crippen molar-refractivity contribution in [2.45, 2.75) is 31.0 Å². The lowest BCUT2D eigenvalue weighted by atomic mass is 10.2. The largest absolute Gasteiger partial charge is 0.381 e. The number of hydrogen-bond acceptors (Lipinski definition) is 4. The monoisotopic (exact) mass is 284 g/mol. The van der Waals surface area contributed by atoms with E-state index in [1.54, 1.807) is 24.3 Å². The Labute approximate surface area is 114 Å². The highest BCUT2D eigenvalue weighted by Crippen LogP contribution is 2.26. The standard InChI is InChI=1S/C13H14F2N2OS/c1-8-12(9(2)18-17-8)7-16-10-3-5-11(6-4-10)19-13(14)15/h3-6,13,16H,7H2,1-2H3. The van der Waals surface area contributed by atoms with Crippen molar-refractivity contribution in [3.63, 3.8) is 0 Å². The fourth-order valence-corrected chi connectivity index (χ4v) is 2.20. The lowest BCUT2D eigenvalue weighted by Crippen LogP contribution is -2.01. The van der Waals surface area contributed by atoms with Gasteiger partial charge in [-0.2, -0.15) is 8.78 Å². The summed E-state index contributed by atoms with van der Waals surface area (Å²) in [6.07, 6.45) is 0. The molecule has 0 atom stereocenters. The molecule has 0 saturated heterocycles. The zero-order valence-electron chi connectivity index (χ0n) is 10.6. The van der Waals surface area contributed by atoms with Crippen molar-refractivity contribution in [3.8, 4) is 0 Å². The minimum Gasteiger partial charge on any atom is -0.381 e. The number of aryl methyl sites for hydroxylation is 2. The van der Waals surface area contributed by atoms with Crippen LogP contribution in [0.4, 0.5) is 14.5 Å². The molecule has 1 aromatic carbocycles. The normalized spacial score (nSPS) is 11.0. The molecule has 0 amide bonds.